The maximum absolute atomic E-state index is 3.77. The SMILES string of the molecule is Cc1cc(C)cc(C(C)NCC(C(C)C)N2CCCC2)c1. The average Bonchev–Trinajstić information content (AvgIpc) is 2.91. The number of benzene rings is 1. The van der Waals surface area contributed by atoms with Crippen molar-refractivity contribution in [2.24, 2.45) is 5.92 Å². The van der Waals surface area contributed by atoms with Crippen molar-refractivity contribution in [1.82, 2.24) is 10.2 Å². The van der Waals surface area contributed by atoms with E-state index in [1.54, 1.807) is 0 Å². The summed E-state index contributed by atoms with van der Waals surface area (Å²) in [7, 11) is 0. The molecule has 2 nitrogen and oxygen atoms in total. The maximum atomic E-state index is 3.77. The van der Waals surface area contributed by atoms with Crippen LogP contribution in [-0.4, -0.2) is 30.6 Å². The molecule has 21 heavy (non-hydrogen) atoms. The van der Waals surface area contributed by atoms with Gasteiger partial charge in [0.25, 0.3) is 0 Å². The highest BCUT2D eigenvalue weighted by Gasteiger charge is 2.24. The molecule has 2 rings (SSSR count). The standard InChI is InChI=1S/C19H32N2/c1-14(2)19(21-8-6-7-9-21)13-20-17(5)18-11-15(3)10-16(4)12-18/h10-12,14,17,19-20H,6-9,13H2,1-5H3. The highest BCUT2D eigenvalue weighted by Crippen LogP contribution is 2.20. The second kappa shape index (κ2) is 7.42. The Balaban J connectivity index is 1.96. The van der Waals surface area contributed by atoms with E-state index in [2.05, 4.69) is 63.0 Å². The first kappa shape index (κ1) is 16.5. The Morgan fingerprint density at radius 3 is 2.10 bits per heavy atom. The number of hydrogen-bond acceptors (Lipinski definition) is 2. The molecule has 1 aliphatic rings. The first-order valence-corrected chi connectivity index (χ1v) is 8.53. The zero-order chi connectivity index (χ0) is 15.4. The molecule has 0 amide bonds. The number of rotatable bonds is 6. The third kappa shape index (κ3) is 4.55. The van der Waals surface area contributed by atoms with Gasteiger partial charge < -0.3 is 5.32 Å². The van der Waals surface area contributed by atoms with Crippen LogP contribution in [0.15, 0.2) is 18.2 Å². The van der Waals surface area contributed by atoms with Crippen LogP contribution in [0.1, 0.15) is 56.3 Å². The smallest absolute Gasteiger partial charge is 0.0292 e. The van der Waals surface area contributed by atoms with Gasteiger partial charge in [0.15, 0.2) is 0 Å². The fourth-order valence-electron chi connectivity index (χ4n) is 3.53. The number of nitrogens with zero attached hydrogens (tertiary/aromatic N) is 1. The molecule has 2 unspecified atom stereocenters. The molecular formula is C19H32N2. The molecule has 118 valence electrons. The van der Waals surface area contributed by atoms with Gasteiger partial charge in [-0.2, -0.15) is 0 Å². The molecule has 0 saturated carbocycles. The third-order valence-corrected chi connectivity index (χ3v) is 4.76. The number of likely N-dealkylation sites (tertiary alicyclic amines) is 1. The van der Waals surface area contributed by atoms with Gasteiger partial charge in [0.2, 0.25) is 0 Å². The van der Waals surface area contributed by atoms with Crippen molar-refractivity contribution in [3.8, 4) is 0 Å². The van der Waals surface area contributed by atoms with Crippen molar-refractivity contribution in [2.45, 2.75) is 59.5 Å². The summed E-state index contributed by atoms with van der Waals surface area (Å²) in [5.41, 5.74) is 4.13. The second-order valence-electron chi connectivity index (χ2n) is 7.11. The van der Waals surface area contributed by atoms with Gasteiger partial charge in [-0.1, -0.05) is 43.2 Å². The Morgan fingerprint density at radius 2 is 1.57 bits per heavy atom. The van der Waals surface area contributed by atoms with Gasteiger partial charge in [-0.15, -0.1) is 0 Å². The molecule has 1 aliphatic heterocycles. The zero-order valence-electron chi connectivity index (χ0n) is 14.4. The molecule has 0 aromatic heterocycles. The van der Waals surface area contributed by atoms with Gasteiger partial charge in [0, 0.05) is 18.6 Å². The molecule has 2 heteroatoms. The fourth-order valence-corrected chi connectivity index (χ4v) is 3.53. The topological polar surface area (TPSA) is 15.3 Å². The maximum Gasteiger partial charge on any atom is 0.0292 e. The van der Waals surface area contributed by atoms with Gasteiger partial charge >= 0.3 is 0 Å². The van der Waals surface area contributed by atoms with Crippen molar-refractivity contribution in [3.63, 3.8) is 0 Å². The highest BCUT2D eigenvalue weighted by atomic mass is 15.2. The minimum absolute atomic E-state index is 0.424. The van der Waals surface area contributed by atoms with E-state index < -0.39 is 0 Å². The monoisotopic (exact) mass is 288 g/mol. The van der Waals surface area contributed by atoms with Crippen molar-refractivity contribution >= 4 is 0 Å². The largest absolute Gasteiger partial charge is 0.309 e. The van der Waals surface area contributed by atoms with E-state index in [1.165, 1.54) is 42.6 Å². The normalized spacial score (nSPS) is 19.1. The molecule has 1 N–H and O–H groups in total. The molecule has 0 radical (unpaired) electrons. The minimum atomic E-state index is 0.424. The summed E-state index contributed by atoms with van der Waals surface area (Å²) in [5, 5.41) is 3.77. The number of hydrogen-bond donors (Lipinski definition) is 1. The lowest BCUT2D eigenvalue weighted by atomic mass is 10.00. The van der Waals surface area contributed by atoms with E-state index >= 15 is 0 Å². The van der Waals surface area contributed by atoms with Crippen LogP contribution in [0.2, 0.25) is 0 Å². The lowest BCUT2D eigenvalue weighted by Gasteiger charge is -2.32. The van der Waals surface area contributed by atoms with Gasteiger partial charge in [0.1, 0.15) is 0 Å². The van der Waals surface area contributed by atoms with Crippen LogP contribution in [-0.2, 0) is 0 Å². The highest BCUT2D eigenvalue weighted by molar-refractivity contribution is 5.30. The fraction of sp³-hybridized carbons (Fsp3) is 0.684. The van der Waals surface area contributed by atoms with Crippen LogP contribution < -0.4 is 5.32 Å². The van der Waals surface area contributed by atoms with E-state index in [0.29, 0.717) is 18.0 Å². The first-order valence-electron chi connectivity index (χ1n) is 8.53. The summed E-state index contributed by atoms with van der Waals surface area (Å²) in [4.78, 5) is 2.67. The number of aryl methyl sites for hydroxylation is 2. The Morgan fingerprint density at radius 1 is 1.00 bits per heavy atom. The van der Waals surface area contributed by atoms with Gasteiger partial charge in [-0.3, -0.25) is 4.90 Å². The summed E-state index contributed by atoms with van der Waals surface area (Å²) in [6.45, 7) is 15.0. The molecule has 1 saturated heterocycles. The van der Waals surface area contributed by atoms with Crippen LogP contribution in [0, 0.1) is 19.8 Å². The quantitative estimate of drug-likeness (QED) is 0.848. The third-order valence-electron chi connectivity index (χ3n) is 4.76. The summed E-state index contributed by atoms with van der Waals surface area (Å²) in [5.74, 6) is 0.710. The summed E-state index contributed by atoms with van der Waals surface area (Å²) < 4.78 is 0. The lowest BCUT2D eigenvalue weighted by Crippen LogP contribution is -2.44. The first-order chi connectivity index (χ1) is 9.97. The second-order valence-corrected chi connectivity index (χ2v) is 7.11. The van der Waals surface area contributed by atoms with E-state index in [-0.39, 0.29) is 0 Å². The van der Waals surface area contributed by atoms with Crippen LogP contribution in [0.25, 0.3) is 0 Å². The molecular weight excluding hydrogens is 256 g/mol. The predicted octanol–water partition coefficient (Wildman–Crippen LogP) is 4.07. The molecule has 2 atom stereocenters. The van der Waals surface area contributed by atoms with Crippen LogP contribution >= 0.6 is 0 Å². The molecule has 1 aromatic carbocycles. The minimum Gasteiger partial charge on any atom is -0.309 e. The summed E-state index contributed by atoms with van der Waals surface area (Å²) in [6.07, 6.45) is 2.74. The van der Waals surface area contributed by atoms with E-state index in [0.717, 1.165) is 6.54 Å². The van der Waals surface area contributed by atoms with Crippen LogP contribution in [0.3, 0.4) is 0 Å². The van der Waals surface area contributed by atoms with Crippen molar-refractivity contribution < 1.29 is 0 Å². The Hall–Kier alpha value is -0.860. The van der Waals surface area contributed by atoms with Crippen molar-refractivity contribution in [2.75, 3.05) is 19.6 Å². The van der Waals surface area contributed by atoms with E-state index in [4.69, 9.17) is 0 Å². The van der Waals surface area contributed by atoms with Gasteiger partial charge in [-0.25, -0.2) is 0 Å². The summed E-state index contributed by atoms with van der Waals surface area (Å²) in [6, 6.07) is 7.96. The van der Waals surface area contributed by atoms with E-state index in [9.17, 15) is 0 Å². The van der Waals surface area contributed by atoms with Gasteiger partial charge in [0.05, 0.1) is 0 Å². The van der Waals surface area contributed by atoms with Crippen LogP contribution in [0.5, 0.6) is 0 Å². The predicted molar refractivity (Wildman–Crippen MR) is 91.8 cm³/mol. The Kier molecular flexibility index (Phi) is 5.83. The Labute approximate surface area is 130 Å². The average molecular weight is 288 g/mol. The molecule has 0 bridgehead atoms. The molecule has 1 fully saturated rings. The molecule has 1 heterocycles. The lowest BCUT2D eigenvalue weighted by molar-refractivity contribution is 0.183. The van der Waals surface area contributed by atoms with Crippen molar-refractivity contribution in [1.29, 1.82) is 0 Å². The molecule has 0 aliphatic carbocycles. The molecule has 0 spiro atoms. The molecule has 1 aromatic rings. The Bertz CT molecular complexity index is 427. The van der Waals surface area contributed by atoms with Crippen molar-refractivity contribution in [3.05, 3.63) is 34.9 Å². The summed E-state index contributed by atoms with van der Waals surface area (Å²) >= 11 is 0. The van der Waals surface area contributed by atoms with Gasteiger partial charge in [-0.05, 0) is 58.2 Å². The number of nitrogens with one attached hydrogen (secondary N) is 1. The van der Waals surface area contributed by atoms with E-state index in [1.807, 2.05) is 0 Å². The van der Waals surface area contributed by atoms with Crippen LogP contribution in [0.4, 0.5) is 0 Å². The zero-order valence-corrected chi connectivity index (χ0v) is 14.4.